The van der Waals surface area contributed by atoms with Crippen LogP contribution >= 0.6 is 0 Å². The Kier molecular flexibility index (Phi) is 4.15. The first-order chi connectivity index (χ1) is 8.30. The highest BCUT2D eigenvalue weighted by Crippen LogP contribution is 2.29. The first kappa shape index (κ1) is 13.8. The van der Waals surface area contributed by atoms with Gasteiger partial charge in [0.25, 0.3) is 0 Å². The van der Waals surface area contributed by atoms with Gasteiger partial charge in [0.05, 0.1) is 17.7 Å². The third kappa shape index (κ3) is 3.97. The summed E-state index contributed by atoms with van der Waals surface area (Å²) < 4.78 is 37.2. The third-order valence-corrected chi connectivity index (χ3v) is 1.89. The number of hydrogen-bond acceptors (Lipinski definition) is 3. The number of nitrogens with one attached hydrogen (secondary N) is 1. The molecule has 0 bridgehead atoms. The number of aromatic nitrogens is 1. The third-order valence-electron chi connectivity index (χ3n) is 1.89. The predicted octanol–water partition coefficient (Wildman–Crippen LogP) is 1.17. The highest BCUT2D eigenvalue weighted by atomic mass is 19.4. The van der Waals surface area contributed by atoms with Crippen LogP contribution in [-0.4, -0.2) is 17.4 Å². The number of pyridine rings is 1. The number of hydrogen-bond donors (Lipinski definition) is 2. The monoisotopic (exact) mass is 257 g/mol. The second-order valence-electron chi connectivity index (χ2n) is 3.37. The van der Waals surface area contributed by atoms with E-state index >= 15 is 0 Å². The summed E-state index contributed by atoms with van der Waals surface area (Å²) in [6, 6.07) is 0.823. The van der Waals surface area contributed by atoms with Crippen molar-refractivity contribution in [2.45, 2.75) is 13.1 Å². The van der Waals surface area contributed by atoms with Gasteiger partial charge >= 0.3 is 6.18 Å². The van der Waals surface area contributed by atoms with Gasteiger partial charge in [-0.05, 0) is 6.07 Å². The van der Waals surface area contributed by atoms with Crippen molar-refractivity contribution in [3.8, 4) is 11.8 Å². The van der Waals surface area contributed by atoms with Gasteiger partial charge < -0.3 is 11.1 Å². The largest absolute Gasteiger partial charge is 0.417 e. The van der Waals surface area contributed by atoms with Crippen molar-refractivity contribution in [3.05, 3.63) is 23.4 Å². The molecule has 0 aliphatic heterocycles. The maximum absolute atomic E-state index is 12.4. The van der Waals surface area contributed by atoms with Crippen LogP contribution in [0.3, 0.4) is 0 Å². The molecule has 0 unspecified atom stereocenters. The summed E-state index contributed by atoms with van der Waals surface area (Å²) >= 11 is 0. The van der Waals surface area contributed by atoms with Crippen LogP contribution < -0.4 is 11.1 Å². The normalized spacial score (nSPS) is 10.4. The van der Waals surface area contributed by atoms with Gasteiger partial charge in [-0.1, -0.05) is 11.8 Å². The summed E-state index contributed by atoms with van der Waals surface area (Å²) in [5, 5.41) is 2.38. The number of rotatable bonds is 1. The molecule has 0 aromatic carbocycles. The molecule has 1 heterocycles. The van der Waals surface area contributed by atoms with Crippen molar-refractivity contribution in [1.29, 1.82) is 0 Å². The van der Waals surface area contributed by atoms with Crippen LogP contribution in [0.5, 0.6) is 0 Å². The number of halogens is 3. The number of nitrogens with two attached hydrogens (primary N) is 1. The molecule has 7 heteroatoms. The van der Waals surface area contributed by atoms with Crippen molar-refractivity contribution in [2.75, 3.05) is 12.3 Å². The van der Waals surface area contributed by atoms with E-state index in [1.807, 2.05) is 0 Å². The van der Waals surface area contributed by atoms with E-state index in [4.69, 9.17) is 5.73 Å². The van der Waals surface area contributed by atoms with E-state index in [0.29, 0.717) is 6.20 Å². The molecule has 0 aliphatic rings. The fourth-order valence-corrected chi connectivity index (χ4v) is 1.04. The topological polar surface area (TPSA) is 68.0 Å². The van der Waals surface area contributed by atoms with Gasteiger partial charge in [0.1, 0.15) is 5.82 Å². The lowest BCUT2D eigenvalue weighted by Crippen LogP contribution is -2.19. The van der Waals surface area contributed by atoms with Crippen LogP contribution in [0.2, 0.25) is 0 Å². The Labute approximate surface area is 101 Å². The number of anilines is 1. The standard InChI is InChI=1S/C11H10F3N3O/c1-7(18)16-4-2-3-8-5-9(11(12,13)14)6-17-10(8)15/h5-6H,4H2,1H3,(H2,15,17)(H,16,18). The zero-order chi connectivity index (χ0) is 13.8. The molecule has 0 aliphatic carbocycles. The maximum Gasteiger partial charge on any atom is 0.417 e. The van der Waals surface area contributed by atoms with Crippen LogP contribution in [0.1, 0.15) is 18.1 Å². The number of amides is 1. The summed E-state index contributed by atoms with van der Waals surface area (Å²) in [4.78, 5) is 14.0. The molecule has 0 spiro atoms. The molecule has 0 saturated heterocycles. The van der Waals surface area contributed by atoms with Crippen LogP contribution in [0.15, 0.2) is 12.3 Å². The SMILES string of the molecule is CC(=O)NCC#Cc1cc(C(F)(F)F)cnc1N. The maximum atomic E-state index is 12.4. The molecule has 18 heavy (non-hydrogen) atoms. The van der Waals surface area contributed by atoms with Crippen molar-refractivity contribution in [2.24, 2.45) is 0 Å². The highest BCUT2D eigenvalue weighted by Gasteiger charge is 2.31. The number of carbonyl (C=O) groups excluding carboxylic acids is 1. The molecule has 96 valence electrons. The molecule has 0 atom stereocenters. The zero-order valence-electron chi connectivity index (χ0n) is 9.43. The van der Waals surface area contributed by atoms with E-state index < -0.39 is 11.7 Å². The molecule has 1 aromatic heterocycles. The quantitative estimate of drug-likeness (QED) is 0.742. The van der Waals surface area contributed by atoms with Gasteiger partial charge in [-0.2, -0.15) is 13.2 Å². The molecule has 0 saturated carbocycles. The minimum atomic E-state index is -4.49. The average Bonchev–Trinajstić information content (AvgIpc) is 2.24. The molecule has 3 N–H and O–H groups in total. The molecule has 1 aromatic rings. The van der Waals surface area contributed by atoms with Crippen LogP contribution in [0.25, 0.3) is 0 Å². The van der Waals surface area contributed by atoms with E-state index in [1.165, 1.54) is 6.92 Å². The Bertz CT molecular complexity index is 514. The molecule has 0 radical (unpaired) electrons. The minimum absolute atomic E-state index is 0.0184. The lowest BCUT2D eigenvalue weighted by Gasteiger charge is -2.07. The highest BCUT2D eigenvalue weighted by molar-refractivity contribution is 5.73. The summed E-state index contributed by atoms with van der Waals surface area (Å²) in [6.07, 6.45) is -3.84. The molecule has 0 fully saturated rings. The number of nitrogen functional groups attached to an aromatic ring is 1. The molecule has 1 rings (SSSR count). The van der Waals surface area contributed by atoms with Gasteiger partial charge in [0.15, 0.2) is 0 Å². The zero-order valence-corrected chi connectivity index (χ0v) is 9.43. The Hall–Kier alpha value is -2.23. The minimum Gasteiger partial charge on any atom is -0.383 e. The molecule has 4 nitrogen and oxygen atoms in total. The fraction of sp³-hybridized carbons (Fsp3) is 0.273. The van der Waals surface area contributed by atoms with E-state index in [9.17, 15) is 18.0 Å². The second kappa shape index (κ2) is 5.40. The summed E-state index contributed by atoms with van der Waals surface area (Å²) in [5.74, 6) is 4.55. The van der Waals surface area contributed by atoms with Crippen molar-refractivity contribution in [1.82, 2.24) is 10.3 Å². The van der Waals surface area contributed by atoms with Crippen LogP contribution in [0, 0.1) is 11.8 Å². The van der Waals surface area contributed by atoms with E-state index in [-0.39, 0.29) is 23.8 Å². The van der Waals surface area contributed by atoms with Crippen LogP contribution in [-0.2, 0) is 11.0 Å². The summed E-state index contributed by atoms with van der Waals surface area (Å²) in [5.41, 5.74) is 4.47. The van der Waals surface area contributed by atoms with Crippen molar-refractivity contribution < 1.29 is 18.0 Å². The van der Waals surface area contributed by atoms with Gasteiger partial charge in [0, 0.05) is 13.1 Å². The van der Waals surface area contributed by atoms with Gasteiger partial charge in [0.2, 0.25) is 5.91 Å². The lowest BCUT2D eigenvalue weighted by molar-refractivity contribution is -0.137. The first-order valence-corrected chi connectivity index (χ1v) is 4.86. The smallest absolute Gasteiger partial charge is 0.383 e. The van der Waals surface area contributed by atoms with E-state index in [0.717, 1.165) is 6.07 Å². The fourth-order valence-electron chi connectivity index (χ4n) is 1.04. The molecular formula is C11H10F3N3O. The average molecular weight is 257 g/mol. The Morgan fingerprint density at radius 1 is 1.56 bits per heavy atom. The van der Waals surface area contributed by atoms with Crippen LogP contribution in [0.4, 0.5) is 19.0 Å². The van der Waals surface area contributed by atoms with E-state index in [1.54, 1.807) is 0 Å². The van der Waals surface area contributed by atoms with Gasteiger partial charge in [-0.3, -0.25) is 4.79 Å². The second-order valence-corrected chi connectivity index (χ2v) is 3.37. The Morgan fingerprint density at radius 3 is 2.78 bits per heavy atom. The predicted molar refractivity (Wildman–Crippen MR) is 59.2 cm³/mol. The number of carbonyl (C=O) groups is 1. The molecule has 1 amide bonds. The van der Waals surface area contributed by atoms with Gasteiger partial charge in [-0.25, -0.2) is 4.98 Å². The number of alkyl halides is 3. The van der Waals surface area contributed by atoms with Gasteiger partial charge in [-0.15, -0.1) is 0 Å². The summed E-state index contributed by atoms with van der Waals surface area (Å²) in [7, 11) is 0. The lowest BCUT2D eigenvalue weighted by atomic mass is 10.2. The van der Waals surface area contributed by atoms with Crippen molar-refractivity contribution >= 4 is 11.7 Å². The summed E-state index contributed by atoms with van der Waals surface area (Å²) in [6.45, 7) is 1.34. The first-order valence-electron chi connectivity index (χ1n) is 4.86. The molecular weight excluding hydrogens is 247 g/mol. The Balaban J connectivity index is 2.91. The van der Waals surface area contributed by atoms with Crippen molar-refractivity contribution in [3.63, 3.8) is 0 Å². The van der Waals surface area contributed by atoms with E-state index in [2.05, 4.69) is 22.1 Å². The Morgan fingerprint density at radius 2 is 2.22 bits per heavy atom. The number of nitrogens with zero attached hydrogens (tertiary/aromatic N) is 1.